The van der Waals surface area contributed by atoms with Crippen molar-refractivity contribution in [2.24, 2.45) is 0 Å². The van der Waals surface area contributed by atoms with Gasteiger partial charge >= 0.3 is 0 Å². The standard InChI is InChI=1S/C9H9NOS/c1-6-2-3-7-8(4-6)11-9(5-12)10-7/h2-4,12H,5H2,1H3. The number of aryl methyl sites for hydroxylation is 1. The Labute approximate surface area is 76.0 Å². The maximum absolute atomic E-state index is 5.41. The van der Waals surface area contributed by atoms with Crippen molar-refractivity contribution in [2.45, 2.75) is 12.7 Å². The number of rotatable bonds is 1. The molecule has 0 saturated heterocycles. The zero-order chi connectivity index (χ0) is 8.55. The van der Waals surface area contributed by atoms with Gasteiger partial charge in [0.1, 0.15) is 5.52 Å². The number of nitrogens with zero attached hydrogens (tertiary/aromatic N) is 1. The van der Waals surface area contributed by atoms with E-state index in [1.54, 1.807) is 0 Å². The third-order valence-electron chi connectivity index (χ3n) is 1.72. The Balaban J connectivity index is 2.67. The highest BCUT2D eigenvalue weighted by molar-refractivity contribution is 7.79. The van der Waals surface area contributed by atoms with Gasteiger partial charge in [-0.1, -0.05) is 6.07 Å². The molecule has 0 saturated carbocycles. The van der Waals surface area contributed by atoms with E-state index < -0.39 is 0 Å². The van der Waals surface area contributed by atoms with Crippen molar-refractivity contribution in [3.8, 4) is 0 Å². The second-order valence-corrected chi connectivity index (χ2v) is 3.05. The molecule has 1 heterocycles. The van der Waals surface area contributed by atoms with Crippen LogP contribution in [0.4, 0.5) is 0 Å². The van der Waals surface area contributed by atoms with E-state index in [1.165, 1.54) is 5.56 Å². The summed E-state index contributed by atoms with van der Waals surface area (Å²) in [6.45, 7) is 2.03. The van der Waals surface area contributed by atoms with E-state index in [0.717, 1.165) is 11.1 Å². The lowest BCUT2D eigenvalue weighted by Gasteiger charge is -1.87. The highest BCUT2D eigenvalue weighted by Crippen LogP contribution is 2.17. The molecule has 0 unspecified atom stereocenters. The summed E-state index contributed by atoms with van der Waals surface area (Å²) in [6.07, 6.45) is 0. The number of hydrogen-bond acceptors (Lipinski definition) is 3. The van der Waals surface area contributed by atoms with Gasteiger partial charge in [0, 0.05) is 0 Å². The molecule has 0 aliphatic rings. The van der Waals surface area contributed by atoms with Gasteiger partial charge < -0.3 is 4.42 Å². The van der Waals surface area contributed by atoms with Crippen molar-refractivity contribution < 1.29 is 4.42 Å². The number of oxazole rings is 1. The highest BCUT2D eigenvalue weighted by Gasteiger charge is 2.02. The summed E-state index contributed by atoms with van der Waals surface area (Å²) in [5.74, 6) is 1.23. The van der Waals surface area contributed by atoms with Gasteiger partial charge in [-0.2, -0.15) is 12.6 Å². The van der Waals surface area contributed by atoms with E-state index in [-0.39, 0.29) is 0 Å². The Kier molecular flexibility index (Phi) is 1.81. The van der Waals surface area contributed by atoms with Crippen LogP contribution in [0.1, 0.15) is 11.5 Å². The van der Waals surface area contributed by atoms with E-state index in [9.17, 15) is 0 Å². The average Bonchev–Trinajstić information content (AvgIpc) is 2.46. The van der Waals surface area contributed by atoms with Gasteiger partial charge in [-0.3, -0.25) is 0 Å². The predicted molar refractivity (Wildman–Crippen MR) is 51.4 cm³/mol. The maximum atomic E-state index is 5.41. The van der Waals surface area contributed by atoms with Crippen LogP contribution in [0.25, 0.3) is 11.1 Å². The Morgan fingerprint density at radius 1 is 1.50 bits per heavy atom. The molecule has 12 heavy (non-hydrogen) atoms. The van der Waals surface area contributed by atoms with E-state index >= 15 is 0 Å². The predicted octanol–water partition coefficient (Wildman–Crippen LogP) is 2.57. The van der Waals surface area contributed by atoms with Crippen LogP contribution in [0.15, 0.2) is 22.6 Å². The van der Waals surface area contributed by atoms with Crippen LogP contribution >= 0.6 is 12.6 Å². The second-order valence-electron chi connectivity index (χ2n) is 2.74. The SMILES string of the molecule is Cc1ccc2nc(CS)oc2c1. The summed E-state index contributed by atoms with van der Waals surface area (Å²) in [6, 6.07) is 5.96. The van der Waals surface area contributed by atoms with Crippen LogP contribution in [0.3, 0.4) is 0 Å². The molecular weight excluding hydrogens is 170 g/mol. The Hall–Kier alpha value is -0.960. The maximum Gasteiger partial charge on any atom is 0.205 e. The Morgan fingerprint density at radius 2 is 2.33 bits per heavy atom. The van der Waals surface area contributed by atoms with Gasteiger partial charge in [0.2, 0.25) is 5.89 Å². The van der Waals surface area contributed by atoms with Crippen molar-refractivity contribution in [1.82, 2.24) is 4.98 Å². The minimum Gasteiger partial charge on any atom is -0.440 e. The van der Waals surface area contributed by atoms with Crippen LogP contribution in [-0.2, 0) is 5.75 Å². The fourth-order valence-corrected chi connectivity index (χ4v) is 1.28. The Bertz CT molecular complexity index is 408. The molecule has 1 aromatic heterocycles. The first-order valence-corrected chi connectivity index (χ1v) is 4.40. The number of benzene rings is 1. The van der Waals surface area contributed by atoms with E-state index in [2.05, 4.69) is 17.6 Å². The van der Waals surface area contributed by atoms with Gasteiger partial charge in [0.15, 0.2) is 5.58 Å². The lowest BCUT2D eigenvalue weighted by Crippen LogP contribution is -1.73. The zero-order valence-corrected chi connectivity index (χ0v) is 7.64. The third-order valence-corrected chi connectivity index (χ3v) is 1.99. The quantitative estimate of drug-likeness (QED) is 0.681. The molecule has 0 radical (unpaired) electrons. The fraction of sp³-hybridized carbons (Fsp3) is 0.222. The molecule has 0 spiro atoms. The Morgan fingerprint density at radius 3 is 3.08 bits per heavy atom. The molecule has 2 rings (SSSR count). The molecule has 1 aromatic carbocycles. The van der Waals surface area contributed by atoms with Crippen molar-refractivity contribution in [1.29, 1.82) is 0 Å². The van der Waals surface area contributed by atoms with Crippen LogP contribution in [0, 0.1) is 6.92 Å². The van der Waals surface area contributed by atoms with Crippen LogP contribution in [0.5, 0.6) is 0 Å². The smallest absolute Gasteiger partial charge is 0.205 e. The summed E-state index contributed by atoms with van der Waals surface area (Å²) in [5.41, 5.74) is 2.94. The molecular formula is C9H9NOS. The van der Waals surface area contributed by atoms with Crippen molar-refractivity contribution >= 4 is 23.7 Å². The molecule has 0 bridgehead atoms. The highest BCUT2D eigenvalue weighted by atomic mass is 32.1. The second kappa shape index (κ2) is 2.83. The number of thiol groups is 1. The summed E-state index contributed by atoms with van der Waals surface area (Å²) < 4.78 is 5.41. The van der Waals surface area contributed by atoms with Crippen LogP contribution in [-0.4, -0.2) is 4.98 Å². The van der Waals surface area contributed by atoms with Crippen LogP contribution in [0.2, 0.25) is 0 Å². The first kappa shape index (κ1) is 7.68. The largest absolute Gasteiger partial charge is 0.440 e. The van der Waals surface area contributed by atoms with Crippen molar-refractivity contribution in [3.63, 3.8) is 0 Å². The topological polar surface area (TPSA) is 26.0 Å². The number of fused-ring (bicyclic) bond motifs is 1. The molecule has 0 aliphatic carbocycles. The average molecular weight is 179 g/mol. The van der Waals surface area contributed by atoms with E-state index in [0.29, 0.717) is 11.6 Å². The van der Waals surface area contributed by atoms with Gasteiger partial charge in [0.25, 0.3) is 0 Å². The number of hydrogen-bond donors (Lipinski definition) is 1. The minimum absolute atomic E-state index is 0.549. The fourth-order valence-electron chi connectivity index (χ4n) is 1.15. The molecule has 2 nitrogen and oxygen atoms in total. The molecule has 0 atom stereocenters. The summed E-state index contributed by atoms with van der Waals surface area (Å²) in [5, 5.41) is 0. The third kappa shape index (κ3) is 1.20. The summed E-state index contributed by atoms with van der Waals surface area (Å²) >= 11 is 4.09. The number of aromatic nitrogens is 1. The molecule has 0 aliphatic heterocycles. The van der Waals surface area contributed by atoms with E-state index in [4.69, 9.17) is 4.42 Å². The lowest BCUT2D eigenvalue weighted by molar-refractivity contribution is 0.556. The normalized spacial score (nSPS) is 10.8. The van der Waals surface area contributed by atoms with Gasteiger partial charge in [0.05, 0.1) is 5.75 Å². The van der Waals surface area contributed by atoms with Crippen molar-refractivity contribution in [3.05, 3.63) is 29.7 Å². The molecule has 3 heteroatoms. The van der Waals surface area contributed by atoms with Gasteiger partial charge in [-0.25, -0.2) is 4.98 Å². The first-order valence-electron chi connectivity index (χ1n) is 3.76. The monoisotopic (exact) mass is 179 g/mol. The molecule has 0 fully saturated rings. The van der Waals surface area contributed by atoms with Gasteiger partial charge in [-0.05, 0) is 24.6 Å². The lowest BCUT2D eigenvalue weighted by atomic mass is 10.2. The minimum atomic E-state index is 0.549. The molecule has 0 amide bonds. The van der Waals surface area contributed by atoms with E-state index in [1.807, 2.05) is 25.1 Å². The van der Waals surface area contributed by atoms with Crippen LogP contribution < -0.4 is 0 Å². The molecule has 2 aromatic rings. The summed E-state index contributed by atoms with van der Waals surface area (Å²) in [7, 11) is 0. The zero-order valence-electron chi connectivity index (χ0n) is 6.74. The van der Waals surface area contributed by atoms with Crippen molar-refractivity contribution in [2.75, 3.05) is 0 Å². The first-order chi connectivity index (χ1) is 5.79. The molecule has 0 N–H and O–H groups in total. The summed E-state index contributed by atoms with van der Waals surface area (Å²) in [4.78, 5) is 4.23. The molecule has 62 valence electrons. The van der Waals surface area contributed by atoms with Gasteiger partial charge in [-0.15, -0.1) is 0 Å².